The molecule has 1 aromatic rings. The molecule has 18 heteroatoms. The fourth-order valence-electron chi connectivity index (χ4n) is 3.82. The first-order valence-electron chi connectivity index (χ1n) is 13.6. The zero-order chi connectivity index (χ0) is 31.5. The molecule has 0 bridgehead atoms. The number of aromatic amines is 1. The Balaban J connectivity index is 3.05. The molecular formula is C24H45N13O5. The molecule has 0 aliphatic rings. The van der Waals surface area contributed by atoms with Gasteiger partial charge in [-0.15, -0.1) is 0 Å². The highest BCUT2D eigenvalue weighted by atomic mass is 16.4. The number of aliphatic carboxylic acids is 1. The van der Waals surface area contributed by atoms with E-state index < -0.39 is 47.9 Å². The number of aromatic nitrogens is 2. The molecule has 0 saturated heterocycles. The van der Waals surface area contributed by atoms with E-state index in [1.54, 1.807) is 0 Å². The van der Waals surface area contributed by atoms with Crippen molar-refractivity contribution in [2.24, 2.45) is 44.4 Å². The van der Waals surface area contributed by atoms with Gasteiger partial charge in [0.25, 0.3) is 0 Å². The third-order valence-electron chi connectivity index (χ3n) is 6.06. The molecule has 0 aliphatic heterocycles. The lowest BCUT2D eigenvalue weighted by molar-refractivity contribution is -0.142. The van der Waals surface area contributed by atoms with Gasteiger partial charge in [0, 0.05) is 31.4 Å². The van der Waals surface area contributed by atoms with Crippen LogP contribution in [0.15, 0.2) is 22.5 Å². The van der Waals surface area contributed by atoms with E-state index >= 15 is 0 Å². The standard InChI is InChI=1S/C24H45N13O5/c25-8-2-1-6-17(22(41)42)36-21(40)18(11-14-12-31-13-34-14)37-20(39)16(7-4-10-33-24(29)30)35-19(38)15(26)5-3-9-32-23(27)28/h12-13,15-18H,1-11,25-26H2,(H,31,34)(H,35,38)(H,36,40)(H,37,39)(H,41,42)(H4,27,28,32)(H4,29,30,33). The predicted molar refractivity (Wildman–Crippen MR) is 156 cm³/mol. The van der Waals surface area contributed by atoms with Crippen molar-refractivity contribution in [3.63, 3.8) is 0 Å². The molecule has 42 heavy (non-hydrogen) atoms. The minimum absolute atomic E-state index is 0.0221. The number of guanidine groups is 2. The van der Waals surface area contributed by atoms with Gasteiger partial charge in [0.15, 0.2) is 11.9 Å². The third kappa shape index (κ3) is 14.8. The molecule has 3 amide bonds. The average Bonchev–Trinajstić information content (AvgIpc) is 3.44. The second kappa shape index (κ2) is 19.6. The SMILES string of the molecule is NCCCCC(NC(=O)C(Cc1cnc[nH]1)NC(=O)C(CCCN=C(N)N)NC(=O)C(N)CCCN=C(N)N)C(=O)O. The van der Waals surface area contributed by atoms with Crippen LogP contribution in [0.4, 0.5) is 0 Å². The van der Waals surface area contributed by atoms with E-state index in [2.05, 4.69) is 35.9 Å². The van der Waals surface area contributed by atoms with E-state index in [1.165, 1.54) is 12.5 Å². The lowest BCUT2D eigenvalue weighted by Crippen LogP contribution is -2.57. The Labute approximate surface area is 243 Å². The maximum absolute atomic E-state index is 13.4. The summed E-state index contributed by atoms with van der Waals surface area (Å²) in [7, 11) is 0. The lowest BCUT2D eigenvalue weighted by atomic mass is 10.0. The fraction of sp³-hybridized carbons (Fsp3) is 0.625. The lowest BCUT2D eigenvalue weighted by Gasteiger charge is -2.25. The molecule has 0 aliphatic carbocycles. The first kappa shape index (κ1) is 35.6. The first-order chi connectivity index (χ1) is 19.9. The quantitative estimate of drug-likeness (QED) is 0.0368. The number of unbranched alkanes of at least 4 members (excludes halogenated alkanes) is 1. The molecule has 4 unspecified atom stereocenters. The van der Waals surface area contributed by atoms with Gasteiger partial charge in [-0.1, -0.05) is 0 Å². The molecule has 0 spiro atoms. The highest BCUT2D eigenvalue weighted by Gasteiger charge is 2.30. The Morgan fingerprint density at radius 1 is 0.810 bits per heavy atom. The Morgan fingerprint density at radius 3 is 1.90 bits per heavy atom. The number of hydrogen-bond donors (Lipinski definition) is 11. The number of carbonyl (C=O) groups excluding carboxylic acids is 3. The molecule has 4 atom stereocenters. The normalized spacial score (nSPS) is 13.6. The fourth-order valence-corrected chi connectivity index (χ4v) is 3.82. The van der Waals surface area contributed by atoms with E-state index in [0.29, 0.717) is 37.9 Å². The predicted octanol–water partition coefficient (Wildman–Crippen LogP) is -3.95. The maximum Gasteiger partial charge on any atom is 0.326 e. The van der Waals surface area contributed by atoms with Gasteiger partial charge in [-0.2, -0.15) is 0 Å². The van der Waals surface area contributed by atoms with Crippen LogP contribution in [0.25, 0.3) is 0 Å². The molecule has 18 nitrogen and oxygen atoms in total. The van der Waals surface area contributed by atoms with Crippen molar-refractivity contribution in [2.45, 2.75) is 75.5 Å². The average molecular weight is 596 g/mol. The summed E-state index contributed by atoms with van der Waals surface area (Å²) in [6, 6.07) is -4.44. The summed E-state index contributed by atoms with van der Waals surface area (Å²) in [4.78, 5) is 65.7. The number of nitrogens with zero attached hydrogens (tertiary/aromatic N) is 3. The van der Waals surface area contributed by atoms with Crippen LogP contribution in [-0.4, -0.2) is 94.5 Å². The molecule has 0 radical (unpaired) electrons. The van der Waals surface area contributed by atoms with Gasteiger partial charge in [-0.25, -0.2) is 9.78 Å². The number of rotatable bonds is 21. The molecule has 236 valence electrons. The monoisotopic (exact) mass is 595 g/mol. The maximum atomic E-state index is 13.4. The van der Waals surface area contributed by atoms with Crippen molar-refractivity contribution in [2.75, 3.05) is 19.6 Å². The van der Waals surface area contributed by atoms with E-state index in [4.69, 9.17) is 34.4 Å². The van der Waals surface area contributed by atoms with Crippen LogP contribution in [0, 0.1) is 0 Å². The van der Waals surface area contributed by atoms with E-state index in [-0.39, 0.29) is 50.7 Å². The molecule has 17 N–H and O–H groups in total. The van der Waals surface area contributed by atoms with Gasteiger partial charge in [-0.3, -0.25) is 24.4 Å². The molecule has 1 aromatic heterocycles. The summed E-state index contributed by atoms with van der Waals surface area (Å²) in [5, 5.41) is 17.3. The first-order valence-corrected chi connectivity index (χ1v) is 13.6. The summed E-state index contributed by atoms with van der Waals surface area (Å²) in [6.07, 6.45) is 5.19. The van der Waals surface area contributed by atoms with Crippen molar-refractivity contribution >= 4 is 35.6 Å². The second-order valence-electron chi connectivity index (χ2n) is 9.59. The van der Waals surface area contributed by atoms with Gasteiger partial charge in [0.2, 0.25) is 17.7 Å². The number of H-pyrrole nitrogens is 1. The summed E-state index contributed by atoms with van der Waals surface area (Å²) < 4.78 is 0. The van der Waals surface area contributed by atoms with Crippen LogP contribution in [0.3, 0.4) is 0 Å². The highest BCUT2D eigenvalue weighted by Crippen LogP contribution is 2.07. The van der Waals surface area contributed by atoms with Crippen LogP contribution in [0.1, 0.15) is 50.6 Å². The largest absolute Gasteiger partial charge is 0.480 e. The number of amides is 3. The van der Waals surface area contributed by atoms with Gasteiger partial charge < -0.3 is 60.4 Å². The van der Waals surface area contributed by atoms with Crippen LogP contribution in [-0.2, 0) is 25.6 Å². The molecule has 1 rings (SSSR count). The summed E-state index contributed by atoms with van der Waals surface area (Å²) in [5.41, 5.74) is 33.3. The zero-order valence-corrected chi connectivity index (χ0v) is 23.6. The van der Waals surface area contributed by atoms with Crippen LogP contribution < -0.4 is 50.4 Å². The van der Waals surface area contributed by atoms with Gasteiger partial charge in [0.1, 0.15) is 18.1 Å². The van der Waals surface area contributed by atoms with Gasteiger partial charge >= 0.3 is 5.97 Å². The number of nitrogens with one attached hydrogen (secondary N) is 4. The Kier molecular flexibility index (Phi) is 16.6. The van der Waals surface area contributed by atoms with Crippen molar-refractivity contribution in [1.29, 1.82) is 0 Å². The van der Waals surface area contributed by atoms with Crippen LogP contribution in [0.5, 0.6) is 0 Å². The van der Waals surface area contributed by atoms with E-state index in [1.807, 2.05) is 0 Å². The number of hydrogen-bond acceptors (Lipinski definition) is 9. The molecular weight excluding hydrogens is 550 g/mol. The van der Waals surface area contributed by atoms with Crippen LogP contribution >= 0.6 is 0 Å². The zero-order valence-electron chi connectivity index (χ0n) is 23.6. The summed E-state index contributed by atoms with van der Waals surface area (Å²) >= 11 is 0. The van der Waals surface area contributed by atoms with Gasteiger partial charge in [-0.05, 0) is 51.5 Å². The molecule has 0 fully saturated rings. The number of nitrogens with two attached hydrogens (primary N) is 6. The Hall–Kier alpha value is -4.45. The number of aliphatic imine (C=N–C) groups is 2. The Bertz CT molecular complexity index is 1040. The summed E-state index contributed by atoms with van der Waals surface area (Å²) in [5.74, 6) is -3.42. The van der Waals surface area contributed by atoms with Crippen molar-refractivity contribution in [3.05, 3.63) is 18.2 Å². The molecule has 0 aromatic carbocycles. The van der Waals surface area contributed by atoms with Crippen molar-refractivity contribution in [1.82, 2.24) is 25.9 Å². The topological polar surface area (TPSA) is 334 Å². The van der Waals surface area contributed by atoms with Gasteiger partial charge in [0.05, 0.1) is 12.4 Å². The number of carboxylic acid groups (broad SMARTS) is 1. The van der Waals surface area contributed by atoms with E-state index in [0.717, 1.165) is 0 Å². The minimum atomic E-state index is -1.22. The smallest absolute Gasteiger partial charge is 0.326 e. The van der Waals surface area contributed by atoms with Crippen molar-refractivity contribution < 1.29 is 24.3 Å². The van der Waals surface area contributed by atoms with Crippen molar-refractivity contribution in [3.8, 4) is 0 Å². The number of carboxylic acids is 1. The highest BCUT2D eigenvalue weighted by molar-refractivity contribution is 5.94. The minimum Gasteiger partial charge on any atom is -0.480 e. The summed E-state index contributed by atoms with van der Waals surface area (Å²) in [6.45, 7) is 0.850. The van der Waals surface area contributed by atoms with Crippen LogP contribution in [0.2, 0.25) is 0 Å². The molecule has 0 saturated carbocycles. The number of imidazole rings is 1. The number of carbonyl (C=O) groups is 4. The third-order valence-corrected chi connectivity index (χ3v) is 6.06. The Morgan fingerprint density at radius 2 is 1.36 bits per heavy atom. The molecule has 1 heterocycles. The second-order valence-corrected chi connectivity index (χ2v) is 9.59. The van der Waals surface area contributed by atoms with E-state index in [9.17, 15) is 24.3 Å².